The van der Waals surface area contributed by atoms with Crippen molar-refractivity contribution in [1.82, 2.24) is 9.80 Å². The number of benzene rings is 3. The minimum atomic E-state index is -0.139. The first kappa shape index (κ1) is 24.4. The van der Waals surface area contributed by atoms with Crippen LogP contribution in [0.3, 0.4) is 0 Å². The van der Waals surface area contributed by atoms with Gasteiger partial charge in [-0.2, -0.15) is 0 Å². The van der Waals surface area contributed by atoms with Gasteiger partial charge in [0.15, 0.2) is 0 Å². The zero-order chi connectivity index (χ0) is 25.6. The summed E-state index contributed by atoms with van der Waals surface area (Å²) >= 11 is 0. The Bertz CT molecular complexity index is 1290. The van der Waals surface area contributed by atoms with E-state index in [9.17, 15) is 9.90 Å². The van der Waals surface area contributed by atoms with E-state index >= 15 is 0 Å². The zero-order valence-electron chi connectivity index (χ0n) is 22.0. The van der Waals surface area contributed by atoms with Gasteiger partial charge in [0.2, 0.25) is 0 Å². The van der Waals surface area contributed by atoms with E-state index in [4.69, 9.17) is 4.74 Å². The highest BCUT2D eigenvalue weighted by Crippen LogP contribution is 2.51. The van der Waals surface area contributed by atoms with Crippen molar-refractivity contribution >= 4 is 16.7 Å². The summed E-state index contributed by atoms with van der Waals surface area (Å²) in [6.45, 7) is 3.25. The standard InChI is InChI=1S/C32H38N2O3/c1-33(31(36)25-13-12-23-6-3-4-7-24(23)16-25)27-18-30(37-2)29-21-34(20-22-10-11-22)15-14-32(29,19-27)26-8-5-9-28(35)17-26/h3-9,12-13,16-17,22,27,29-30,35H,10-11,14-15,18-21H2,1-2H3. The second kappa shape index (κ2) is 9.77. The molecule has 3 aliphatic rings. The molecule has 5 nitrogen and oxygen atoms in total. The summed E-state index contributed by atoms with van der Waals surface area (Å²) in [5.74, 6) is 1.55. The second-order valence-corrected chi connectivity index (χ2v) is 11.6. The molecule has 0 aromatic heterocycles. The molecule has 2 saturated carbocycles. The number of aromatic hydroxyl groups is 1. The molecular weight excluding hydrogens is 460 g/mol. The number of carbonyl (C=O) groups is 1. The van der Waals surface area contributed by atoms with Crippen molar-refractivity contribution in [3.63, 3.8) is 0 Å². The molecule has 1 amide bonds. The molecule has 1 saturated heterocycles. The molecule has 0 radical (unpaired) electrons. The summed E-state index contributed by atoms with van der Waals surface area (Å²) in [6.07, 6.45) is 5.49. The maximum absolute atomic E-state index is 13.8. The monoisotopic (exact) mass is 498 g/mol. The Balaban J connectivity index is 1.32. The average Bonchev–Trinajstić information content (AvgIpc) is 3.75. The van der Waals surface area contributed by atoms with E-state index in [0.717, 1.165) is 54.6 Å². The lowest BCUT2D eigenvalue weighted by Gasteiger charge is -2.56. The molecule has 4 unspecified atom stereocenters. The highest BCUT2D eigenvalue weighted by molar-refractivity contribution is 5.98. The number of hydrogen-bond acceptors (Lipinski definition) is 4. The summed E-state index contributed by atoms with van der Waals surface area (Å²) in [4.78, 5) is 18.3. The van der Waals surface area contributed by atoms with Gasteiger partial charge in [-0.15, -0.1) is 0 Å². The van der Waals surface area contributed by atoms with E-state index < -0.39 is 0 Å². The van der Waals surface area contributed by atoms with Crippen LogP contribution in [0, 0.1) is 11.8 Å². The molecule has 37 heavy (non-hydrogen) atoms. The van der Waals surface area contributed by atoms with E-state index in [2.05, 4.69) is 23.1 Å². The van der Waals surface area contributed by atoms with Crippen molar-refractivity contribution in [1.29, 1.82) is 0 Å². The fourth-order valence-corrected chi connectivity index (χ4v) is 7.12. The summed E-state index contributed by atoms with van der Waals surface area (Å²) in [6, 6.07) is 22.0. The van der Waals surface area contributed by atoms with Gasteiger partial charge < -0.3 is 19.6 Å². The molecule has 4 atom stereocenters. The number of carbonyl (C=O) groups excluding carboxylic acids is 1. The molecule has 194 valence electrons. The number of likely N-dealkylation sites (tertiary alicyclic amines) is 1. The maximum Gasteiger partial charge on any atom is 0.253 e. The van der Waals surface area contributed by atoms with E-state index in [1.54, 1.807) is 6.07 Å². The van der Waals surface area contributed by atoms with Gasteiger partial charge in [0, 0.05) is 50.2 Å². The largest absolute Gasteiger partial charge is 0.508 e. The maximum atomic E-state index is 13.8. The number of methoxy groups -OCH3 is 1. The minimum absolute atomic E-state index is 0.0509. The molecule has 0 spiro atoms. The number of phenols is 1. The van der Waals surface area contributed by atoms with E-state index in [1.165, 1.54) is 24.9 Å². The summed E-state index contributed by atoms with van der Waals surface area (Å²) in [7, 11) is 3.78. The first-order valence-corrected chi connectivity index (χ1v) is 13.8. The number of phenolic OH excluding ortho intramolecular Hbond substituents is 1. The van der Waals surface area contributed by atoms with Crippen LogP contribution < -0.4 is 0 Å². The molecule has 1 aliphatic heterocycles. The van der Waals surface area contributed by atoms with Gasteiger partial charge in [-0.05, 0) is 85.2 Å². The first-order chi connectivity index (χ1) is 18.0. The van der Waals surface area contributed by atoms with Crippen LogP contribution >= 0.6 is 0 Å². The zero-order valence-corrected chi connectivity index (χ0v) is 22.0. The van der Waals surface area contributed by atoms with Crippen molar-refractivity contribution in [2.24, 2.45) is 11.8 Å². The molecule has 0 bridgehead atoms. The van der Waals surface area contributed by atoms with Crippen LogP contribution in [0.4, 0.5) is 0 Å². The van der Waals surface area contributed by atoms with Crippen LogP contribution in [0.5, 0.6) is 5.75 Å². The highest BCUT2D eigenvalue weighted by atomic mass is 16.5. The Morgan fingerprint density at radius 3 is 2.65 bits per heavy atom. The predicted octanol–water partition coefficient (Wildman–Crippen LogP) is 5.46. The SMILES string of the molecule is COC1CC(N(C)C(=O)c2ccc3ccccc3c2)CC2(c3cccc(O)c3)CCN(CC3CC3)CC12. The van der Waals surface area contributed by atoms with Gasteiger partial charge in [-0.3, -0.25) is 4.79 Å². The van der Waals surface area contributed by atoms with E-state index in [-0.39, 0.29) is 23.5 Å². The molecule has 2 aliphatic carbocycles. The van der Waals surface area contributed by atoms with Crippen LogP contribution in [0.1, 0.15) is 48.0 Å². The molecule has 1 heterocycles. The number of piperidine rings is 1. The Morgan fingerprint density at radius 1 is 1.08 bits per heavy atom. The topological polar surface area (TPSA) is 53.0 Å². The molecular formula is C32H38N2O3. The molecule has 5 heteroatoms. The predicted molar refractivity (Wildman–Crippen MR) is 147 cm³/mol. The van der Waals surface area contributed by atoms with E-state index in [1.807, 2.05) is 61.5 Å². The fraction of sp³-hybridized carbons (Fsp3) is 0.469. The lowest BCUT2D eigenvalue weighted by molar-refractivity contribution is -0.0794. The number of ether oxygens (including phenoxy) is 1. The lowest BCUT2D eigenvalue weighted by Crippen LogP contribution is -2.61. The molecule has 6 rings (SSSR count). The number of nitrogens with zero attached hydrogens (tertiary/aromatic N) is 2. The van der Waals surface area contributed by atoms with Gasteiger partial charge in [0.05, 0.1) is 6.10 Å². The van der Waals surface area contributed by atoms with Crippen LogP contribution in [0.15, 0.2) is 66.7 Å². The van der Waals surface area contributed by atoms with Crippen LogP contribution in [0.2, 0.25) is 0 Å². The smallest absolute Gasteiger partial charge is 0.253 e. The Labute approximate surface area is 220 Å². The Kier molecular flexibility index (Phi) is 6.46. The van der Waals surface area contributed by atoms with Crippen molar-refractivity contribution in [2.75, 3.05) is 33.8 Å². The third-order valence-electron chi connectivity index (χ3n) is 9.39. The minimum Gasteiger partial charge on any atom is -0.508 e. The fourth-order valence-electron chi connectivity index (χ4n) is 7.12. The lowest BCUT2D eigenvalue weighted by atomic mass is 9.56. The number of rotatable bonds is 6. The van der Waals surface area contributed by atoms with Crippen molar-refractivity contribution < 1.29 is 14.6 Å². The van der Waals surface area contributed by atoms with Gasteiger partial charge in [-0.25, -0.2) is 0 Å². The third-order valence-corrected chi connectivity index (χ3v) is 9.39. The van der Waals surface area contributed by atoms with Crippen molar-refractivity contribution in [3.8, 4) is 5.75 Å². The van der Waals surface area contributed by atoms with Crippen LogP contribution in [-0.2, 0) is 10.2 Å². The quantitative estimate of drug-likeness (QED) is 0.490. The number of hydrogen-bond donors (Lipinski definition) is 1. The van der Waals surface area contributed by atoms with Gasteiger partial charge in [0.25, 0.3) is 5.91 Å². The van der Waals surface area contributed by atoms with E-state index in [0.29, 0.717) is 11.7 Å². The van der Waals surface area contributed by atoms with Gasteiger partial charge >= 0.3 is 0 Å². The van der Waals surface area contributed by atoms with Crippen molar-refractivity contribution in [3.05, 3.63) is 77.9 Å². The summed E-state index contributed by atoms with van der Waals surface area (Å²) in [5.41, 5.74) is 1.77. The summed E-state index contributed by atoms with van der Waals surface area (Å²) in [5, 5.41) is 12.6. The Morgan fingerprint density at radius 2 is 1.89 bits per heavy atom. The molecule has 3 aromatic rings. The summed E-state index contributed by atoms with van der Waals surface area (Å²) < 4.78 is 6.20. The van der Waals surface area contributed by atoms with Gasteiger partial charge in [-0.1, -0.05) is 42.5 Å². The third kappa shape index (κ3) is 4.64. The first-order valence-electron chi connectivity index (χ1n) is 13.8. The molecule has 3 fully saturated rings. The van der Waals surface area contributed by atoms with Gasteiger partial charge in [0.1, 0.15) is 5.75 Å². The van der Waals surface area contributed by atoms with Crippen LogP contribution in [0.25, 0.3) is 10.8 Å². The number of amides is 1. The average molecular weight is 499 g/mol. The molecule has 3 aromatic carbocycles. The number of fused-ring (bicyclic) bond motifs is 2. The molecule has 1 N–H and O–H groups in total. The Hall–Kier alpha value is -2.89. The van der Waals surface area contributed by atoms with Crippen LogP contribution in [-0.4, -0.2) is 66.8 Å². The highest BCUT2D eigenvalue weighted by Gasteiger charge is 2.53. The van der Waals surface area contributed by atoms with Crippen molar-refractivity contribution in [2.45, 2.75) is 49.7 Å². The normalized spacial score (nSPS) is 28.1. The second-order valence-electron chi connectivity index (χ2n) is 11.6.